The standard InChI is InChI=1S/C24H22N2O3/c1-2-3-4-9-24(27)17-10-15-23-21(16-17)20-7-5-6-8-22(20)25(23)18-11-13-19(14-12-18)26(28)29/h5-8,10-16H,2-4,9H2,1H3. The molecule has 1 heterocycles. The van der Waals surface area contributed by atoms with Crippen LogP contribution >= 0.6 is 0 Å². The largest absolute Gasteiger partial charge is 0.309 e. The molecule has 0 saturated heterocycles. The van der Waals surface area contributed by atoms with E-state index in [9.17, 15) is 14.9 Å². The van der Waals surface area contributed by atoms with E-state index in [-0.39, 0.29) is 11.5 Å². The number of hydrogen-bond donors (Lipinski definition) is 0. The lowest BCUT2D eigenvalue weighted by atomic mass is 10.0. The zero-order valence-electron chi connectivity index (χ0n) is 16.3. The van der Waals surface area contributed by atoms with Crippen LogP contribution in [0.3, 0.4) is 0 Å². The first-order valence-corrected chi connectivity index (χ1v) is 9.91. The summed E-state index contributed by atoms with van der Waals surface area (Å²) in [5, 5.41) is 13.1. The molecule has 0 atom stereocenters. The number of fused-ring (bicyclic) bond motifs is 3. The smallest absolute Gasteiger partial charge is 0.269 e. The number of nitro groups is 1. The molecule has 1 aromatic heterocycles. The predicted molar refractivity (Wildman–Crippen MR) is 116 cm³/mol. The van der Waals surface area contributed by atoms with E-state index in [1.54, 1.807) is 12.1 Å². The Kier molecular flexibility index (Phi) is 5.12. The average molecular weight is 386 g/mol. The highest BCUT2D eigenvalue weighted by atomic mass is 16.6. The number of aromatic nitrogens is 1. The first kappa shape index (κ1) is 18.9. The molecule has 29 heavy (non-hydrogen) atoms. The van der Waals surface area contributed by atoms with E-state index in [4.69, 9.17) is 0 Å². The highest BCUT2D eigenvalue weighted by molar-refractivity contribution is 6.11. The molecule has 0 aliphatic carbocycles. The topological polar surface area (TPSA) is 65.1 Å². The lowest BCUT2D eigenvalue weighted by Gasteiger charge is -2.08. The van der Waals surface area contributed by atoms with E-state index >= 15 is 0 Å². The number of rotatable bonds is 7. The third-order valence-corrected chi connectivity index (χ3v) is 5.32. The molecule has 4 aromatic rings. The third-order valence-electron chi connectivity index (χ3n) is 5.32. The second-order valence-electron chi connectivity index (χ2n) is 7.24. The van der Waals surface area contributed by atoms with Gasteiger partial charge in [-0.3, -0.25) is 14.9 Å². The van der Waals surface area contributed by atoms with Gasteiger partial charge in [0.1, 0.15) is 0 Å². The molecule has 0 spiro atoms. The molecular formula is C24H22N2O3. The Bertz CT molecular complexity index is 1210. The lowest BCUT2D eigenvalue weighted by molar-refractivity contribution is -0.384. The van der Waals surface area contributed by atoms with E-state index in [0.717, 1.165) is 52.3 Å². The van der Waals surface area contributed by atoms with Gasteiger partial charge in [-0.15, -0.1) is 0 Å². The Morgan fingerprint density at radius 1 is 0.931 bits per heavy atom. The molecule has 5 heteroatoms. The van der Waals surface area contributed by atoms with Gasteiger partial charge in [0.25, 0.3) is 5.69 Å². The van der Waals surface area contributed by atoms with Crippen molar-refractivity contribution in [2.24, 2.45) is 0 Å². The Balaban J connectivity index is 1.84. The van der Waals surface area contributed by atoms with Crippen LogP contribution in [0.25, 0.3) is 27.5 Å². The van der Waals surface area contributed by atoms with E-state index in [0.29, 0.717) is 6.42 Å². The summed E-state index contributed by atoms with van der Waals surface area (Å²) in [5.74, 6) is 0.174. The van der Waals surface area contributed by atoms with Gasteiger partial charge in [-0.25, -0.2) is 0 Å². The van der Waals surface area contributed by atoms with Crippen LogP contribution in [0.4, 0.5) is 5.69 Å². The van der Waals surface area contributed by atoms with Crippen molar-refractivity contribution in [3.8, 4) is 5.69 Å². The zero-order chi connectivity index (χ0) is 20.4. The van der Waals surface area contributed by atoms with E-state index in [2.05, 4.69) is 11.5 Å². The molecule has 0 N–H and O–H groups in total. The number of unbranched alkanes of at least 4 members (excludes halogenated alkanes) is 2. The number of para-hydroxylation sites is 1. The summed E-state index contributed by atoms with van der Waals surface area (Å²) in [4.78, 5) is 23.2. The second kappa shape index (κ2) is 7.87. The molecule has 0 bridgehead atoms. The van der Waals surface area contributed by atoms with Crippen molar-refractivity contribution in [2.45, 2.75) is 32.6 Å². The molecule has 4 rings (SSSR count). The quantitative estimate of drug-likeness (QED) is 0.158. The van der Waals surface area contributed by atoms with Gasteiger partial charge in [0.2, 0.25) is 0 Å². The highest BCUT2D eigenvalue weighted by Gasteiger charge is 2.15. The highest BCUT2D eigenvalue weighted by Crippen LogP contribution is 2.33. The third kappa shape index (κ3) is 3.51. The first-order valence-electron chi connectivity index (χ1n) is 9.91. The van der Waals surface area contributed by atoms with Gasteiger partial charge < -0.3 is 4.57 Å². The van der Waals surface area contributed by atoms with Crippen LogP contribution < -0.4 is 0 Å². The number of ketones is 1. The average Bonchev–Trinajstić information content (AvgIpc) is 3.07. The SMILES string of the molecule is CCCCCC(=O)c1ccc2c(c1)c1ccccc1n2-c1ccc([N+](=O)[O-])cc1. The number of nitrogens with zero attached hydrogens (tertiary/aromatic N) is 2. The van der Waals surface area contributed by atoms with Gasteiger partial charge >= 0.3 is 0 Å². The van der Waals surface area contributed by atoms with Crippen molar-refractivity contribution in [1.29, 1.82) is 0 Å². The second-order valence-corrected chi connectivity index (χ2v) is 7.24. The summed E-state index contributed by atoms with van der Waals surface area (Å²) < 4.78 is 2.08. The number of nitro benzene ring substituents is 1. The van der Waals surface area contributed by atoms with Crippen LogP contribution in [-0.2, 0) is 0 Å². The van der Waals surface area contributed by atoms with Crippen LogP contribution in [0.1, 0.15) is 43.0 Å². The number of carbonyl (C=O) groups excluding carboxylic acids is 1. The van der Waals surface area contributed by atoms with E-state index in [1.165, 1.54) is 12.1 Å². The van der Waals surface area contributed by atoms with Crippen LogP contribution in [0.2, 0.25) is 0 Å². The number of benzene rings is 3. The minimum absolute atomic E-state index is 0.0643. The van der Waals surface area contributed by atoms with Gasteiger partial charge in [0.15, 0.2) is 5.78 Å². The Morgan fingerprint density at radius 3 is 2.38 bits per heavy atom. The molecule has 0 radical (unpaired) electrons. The minimum Gasteiger partial charge on any atom is -0.309 e. The van der Waals surface area contributed by atoms with Crippen molar-refractivity contribution >= 4 is 33.3 Å². The van der Waals surface area contributed by atoms with Crippen molar-refractivity contribution in [1.82, 2.24) is 4.57 Å². The number of non-ortho nitro benzene ring substituents is 1. The maximum atomic E-state index is 12.6. The van der Waals surface area contributed by atoms with Crippen LogP contribution in [0, 0.1) is 10.1 Å². The molecule has 3 aromatic carbocycles. The number of Topliss-reactive ketones (excluding diaryl/α,β-unsaturated/α-hetero) is 1. The monoisotopic (exact) mass is 386 g/mol. The molecule has 0 saturated carbocycles. The fourth-order valence-corrected chi connectivity index (χ4v) is 3.83. The van der Waals surface area contributed by atoms with Crippen molar-refractivity contribution in [3.63, 3.8) is 0 Å². The maximum Gasteiger partial charge on any atom is 0.269 e. The predicted octanol–water partition coefficient (Wildman–Crippen LogP) is 6.45. The Hall–Kier alpha value is -3.47. The molecule has 0 amide bonds. The van der Waals surface area contributed by atoms with Crippen molar-refractivity contribution < 1.29 is 9.72 Å². The summed E-state index contributed by atoms with van der Waals surface area (Å²) in [6, 6.07) is 20.4. The summed E-state index contributed by atoms with van der Waals surface area (Å²) in [5.41, 5.74) is 3.63. The molecule has 0 aliphatic rings. The van der Waals surface area contributed by atoms with Crippen LogP contribution in [0.5, 0.6) is 0 Å². The van der Waals surface area contributed by atoms with E-state index in [1.807, 2.05) is 42.5 Å². The number of hydrogen-bond acceptors (Lipinski definition) is 3. The van der Waals surface area contributed by atoms with E-state index < -0.39 is 4.92 Å². The van der Waals surface area contributed by atoms with Crippen molar-refractivity contribution in [3.05, 3.63) is 82.4 Å². The summed E-state index contributed by atoms with van der Waals surface area (Å²) >= 11 is 0. The summed E-state index contributed by atoms with van der Waals surface area (Å²) in [6.45, 7) is 2.13. The Morgan fingerprint density at radius 2 is 1.66 bits per heavy atom. The van der Waals surface area contributed by atoms with Gasteiger partial charge in [0, 0.05) is 40.6 Å². The zero-order valence-corrected chi connectivity index (χ0v) is 16.3. The lowest BCUT2D eigenvalue weighted by Crippen LogP contribution is -1.99. The number of carbonyl (C=O) groups is 1. The van der Waals surface area contributed by atoms with Crippen LogP contribution in [-0.4, -0.2) is 15.3 Å². The van der Waals surface area contributed by atoms with Crippen molar-refractivity contribution in [2.75, 3.05) is 0 Å². The van der Waals surface area contributed by atoms with Gasteiger partial charge in [0.05, 0.1) is 16.0 Å². The normalized spacial score (nSPS) is 11.2. The molecule has 0 fully saturated rings. The minimum atomic E-state index is -0.397. The fourth-order valence-electron chi connectivity index (χ4n) is 3.83. The molecule has 0 unspecified atom stereocenters. The molecule has 5 nitrogen and oxygen atoms in total. The fraction of sp³-hybridized carbons (Fsp3) is 0.208. The van der Waals surface area contributed by atoms with Gasteiger partial charge in [-0.2, -0.15) is 0 Å². The summed E-state index contributed by atoms with van der Waals surface area (Å²) in [7, 11) is 0. The van der Waals surface area contributed by atoms with Crippen LogP contribution in [0.15, 0.2) is 66.7 Å². The van der Waals surface area contributed by atoms with Gasteiger partial charge in [-0.05, 0) is 42.8 Å². The van der Waals surface area contributed by atoms with Gasteiger partial charge in [-0.1, -0.05) is 38.0 Å². The summed E-state index contributed by atoms with van der Waals surface area (Å²) in [6.07, 6.45) is 3.64. The molecule has 146 valence electrons. The molecular weight excluding hydrogens is 364 g/mol. The maximum absolute atomic E-state index is 12.6. The molecule has 0 aliphatic heterocycles. The Labute approximate surface area is 168 Å². The first-order chi connectivity index (χ1) is 14.1.